The Kier molecular flexibility index (Phi) is 5.61. The molecule has 11 heteroatoms. The molecule has 0 saturated heterocycles. The Morgan fingerprint density at radius 2 is 1.59 bits per heavy atom. The van der Waals surface area contributed by atoms with Gasteiger partial charge in [0.05, 0.1) is 16.5 Å². The zero-order chi connectivity index (χ0) is 24.6. The predicted octanol–water partition coefficient (Wildman–Crippen LogP) is 6.04. The number of carboxylic acids is 1. The number of aromatic hydroxyl groups is 1. The number of rotatable bonds is 4. The van der Waals surface area contributed by atoms with E-state index < -0.39 is 29.6 Å². The Labute approximate surface area is 188 Å². The lowest BCUT2D eigenvalue weighted by Gasteiger charge is -2.12. The Morgan fingerprint density at radius 1 is 0.912 bits per heavy atom. The molecule has 0 saturated carbocycles. The number of H-pyrrole nitrogens is 1. The van der Waals surface area contributed by atoms with Gasteiger partial charge in [-0.3, -0.25) is 0 Å². The van der Waals surface area contributed by atoms with Crippen molar-refractivity contribution >= 4 is 34.1 Å². The maximum Gasteiger partial charge on any atom is 0.416 e. The number of carbonyl (C=O) groups is 2. The molecule has 7 nitrogen and oxygen atoms in total. The van der Waals surface area contributed by atoms with Crippen molar-refractivity contribution in [3.63, 3.8) is 0 Å². The van der Waals surface area contributed by atoms with Crippen LogP contribution in [0.4, 0.5) is 33.7 Å². The van der Waals surface area contributed by atoms with Crippen LogP contribution in [-0.2, 0) is 6.18 Å². The molecule has 0 aliphatic rings. The lowest BCUT2D eigenvalue weighted by molar-refractivity contribution is -0.137. The largest absolute Gasteiger partial charge is 0.494 e. The first-order chi connectivity index (χ1) is 16.0. The fourth-order valence-corrected chi connectivity index (χ4v) is 3.53. The van der Waals surface area contributed by atoms with Gasteiger partial charge >= 0.3 is 18.2 Å². The Hall–Kier alpha value is -4.54. The molecule has 34 heavy (non-hydrogen) atoms. The molecule has 0 fully saturated rings. The Balaban J connectivity index is 1.57. The van der Waals surface area contributed by atoms with Crippen molar-refractivity contribution in [3.05, 3.63) is 77.7 Å². The zero-order valence-corrected chi connectivity index (χ0v) is 17.0. The van der Waals surface area contributed by atoms with Crippen molar-refractivity contribution in [2.75, 3.05) is 10.6 Å². The number of aromatic amines is 1. The van der Waals surface area contributed by atoms with E-state index in [1.807, 2.05) is 0 Å². The number of carbonyl (C=O) groups excluding carboxylic acids is 1. The van der Waals surface area contributed by atoms with Gasteiger partial charge < -0.3 is 25.8 Å². The molecule has 0 aliphatic carbocycles. The molecule has 3 aromatic carbocycles. The van der Waals surface area contributed by atoms with Gasteiger partial charge in [-0.15, -0.1) is 0 Å². The summed E-state index contributed by atoms with van der Waals surface area (Å²) < 4.78 is 53.4. The summed E-state index contributed by atoms with van der Waals surface area (Å²) in [6, 6.07) is 9.51. The van der Waals surface area contributed by atoms with E-state index in [4.69, 9.17) is 0 Å². The third-order valence-electron chi connectivity index (χ3n) is 5.03. The monoisotopic (exact) mass is 473 g/mol. The highest BCUT2D eigenvalue weighted by Gasteiger charge is 2.30. The smallest absolute Gasteiger partial charge is 0.416 e. The Morgan fingerprint density at radius 3 is 2.24 bits per heavy atom. The average Bonchev–Trinajstić information content (AvgIpc) is 3.15. The number of fused-ring (bicyclic) bond motifs is 1. The first-order valence-corrected chi connectivity index (χ1v) is 9.66. The van der Waals surface area contributed by atoms with Crippen molar-refractivity contribution < 1.29 is 37.4 Å². The summed E-state index contributed by atoms with van der Waals surface area (Å²) in [4.78, 5) is 26.1. The van der Waals surface area contributed by atoms with E-state index in [0.717, 1.165) is 24.3 Å². The van der Waals surface area contributed by atoms with E-state index in [1.54, 1.807) is 0 Å². The lowest BCUT2D eigenvalue weighted by Crippen LogP contribution is -2.20. The lowest BCUT2D eigenvalue weighted by atomic mass is 9.97. The summed E-state index contributed by atoms with van der Waals surface area (Å²) in [6.07, 6.45) is -3.22. The van der Waals surface area contributed by atoms with Crippen LogP contribution < -0.4 is 10.6 Å². The number of aromatic nitrogens is 1. The van der Waals surface area contributed by atoms with Crippen molar-refractivity contribution in [1.29, 1.82) is 0 Å². The third kappa shape index (κ3) is 4.35. The summed E-state index contributed by atoms with van der Waals surface area (Å²) in [6.45, 7) is 0. The van der Waals surface area contributed by atoms with Gasteiger partial charge in [0.2, 0.25) is 0 Å². The van der Waals surface area contributed by atoms with Crippen LogP contribution in [0.15, 0.2) is 60.8 Å². The van der Waals surface area contributed by atoms with Gasteiger partial charge in [-0.25, -0.2) is 14.0 Å². The molecule has 0 spiro atoms. The van der Waals surface area contributed by atoms with Gasteiger partial charge in [-0.1, -0.05) is 12.1 Å². The fourth-order valence-electron chi connectivity index (χ4n) is 3.53. The second kappa shape index (κ2) is 8.43. The second-order valence-electron chi connectivity index (χ2n) is 7.24. The van der Waals surface area contributed by atoms with E-state index in [0.29, 0.717) is 5.56 Å². The fraction of sp³-hybridized carbons (Fsp3) is 0.0435. The molecule has 5 N–H and O–H groups in total. The molecule has 4 aromatic rings. The van der Waals surface area contributed by atoms with Crippen LogP contribution in [-0.4, -0.2) is 27.2 Å². The van der Waals surface area contributed by atoms with E-state index in [-0.39, 0.29) is 39.2 Å². The van der Waals surface area contributed by atoms with Crippen LogP contribution in [0.1, 0.15) is 15.9 Å². The molecule has 0 atom stereocenters. The molecule has 4 rings (SSSR count). The summed E-state index contributed by atoms with van der Waals surface area (Å²) in [7, 11) is 0. The number of carboxylic acid groups (broad SMARTS) is 1. The predicted molar refractivity (Wildman–Crippen MR) is 116 cm³/mol. The summed E-state index contributed by atoms with van der Waals surface area (Å²) in [5.41, 5.74) is -0.795. The maximum atomic E-state index is 14.9. The number of nitrogens with one attached hydrogen (secondary N) is 3. The quantitative estimate of drug-likeness (QED) is 0.233. The number of hydrogen-bond donors (Lipinski definition) is 5. The standard InChI is InChI=1S/C23H15F4N3O4/c24-18-9-13(30-22(34)29-12-3-1-2-11(8-12)23(25,26)27)4-5-15(18)14-6-7-16(21(32)33)19-17(14)10-28-20(19)31/h1-10,28,31H,(H,32,33)(H2,29,30,34). The maximum absolute atomic E-state index is 14.9. The summed E-state index contributed by atoms with van der Waals surface area (Å²) in [5, 5.41) is 24.2. The van der Waals surface area contributed by atoms with Crippen molar-refractivity contribution in [2.45, 2.75) is 6.18 Å². The highest BCUT2D eigenvalue weighted by Crippen LogP contribution is 2.37. The van der Waals surface area contributed by atoms with Crippen LogP contribution in [0.25, 0.3) is 21.9 Å². The SMILES string of the molecule is O=C(Nc1cccc(C(F)(F)F)c1)Nc1ccc(-c2ccc(C(=O)O)c3c(O)[nH]cc23)c(F)c1. The van der Waals surface area contributed by atoms with E-state index in [1.165, 1.54) is 36.5 Å². The number of hydrogen-bond acceptors (Lipinski definition) is 3. The van der Waals surface area contributed by atoms with Crippen LogP contribution >= 0.6 is 0 Å². The van der Waals surface area contributed by atoms with Gasteiger partial charge in [0.1, 0.15) is 5.82 Å². The van der Waals surface area contributed by atoms with Crippen molar-refractivity contribution in [2.24, 2.45) is 0 Å². The number of urea groups is 1. The molecular formula is C23H15F4N3O4. The van der Waals surface area contributed by atoms with Crippen LogP contribution in [0, 0.1) is 5.82 Å². The minimum Gasteiger partial charge on any atom is -0.494 e. The molecule has 0 aliphatic heterocycles. The molecule has 174 valence electrons. The number of anilines is 2. The summed E-state index contributed by atoms with van der Waals surface area (Å²) in [5.74, 6) is -2.40. The van der Waals surface area contributed by atoms with Gasteiger partial charge in [0.15, 0.2) is 5.88 Å². The van der Waals surface area contributed by atoms with Gasteiger partial charge in [0.25, 0.3) is 0 Å². The molecular weight excluding hydrogens is 458 g/mol. The second-order valence-corrected chi connectivity index (χ2v) is 7.24. The van der Waals surface area contributed by atoms with E-state index >= 15 is 0 Å². The highest BCUT2D eigenvalue weighted by molar-refractivity contribution is 6.11. The number of alkyl halides is 3. The number of benzene rings is 3. The zero-order valence-electron chi connectivity index (χ0n) is 17.0. The molecule has 1 aromatic heterocycles. The number of aromatic carboxylic acids is 1. The minimum atomic E-state index is -4.57. The van der Waals surface area contributed by atoms with E-state index in [9.17, 15) is 37.4 Å². The first-order valence-electron chi connectivity index (χ1n) is 9.66. The van der Waals surface area contributed by atoms with Crippen molar-refractivity contribution in [1.82, 2.24) is 4.98 Å². The van der Waals surface area contributed by atoms with Crippen molar-refractivity contribution in [3.8, 4) is 17.0 Å². The van der Waals surface area contributed by atoms with Gasteiger partial charge in [-0.05, 0) is 48.0 Å². The van der Waals surface area contributed by atoms with Gasteiger partial charge in [0, 0.05) is 28.5 Å². The number of halogens is 4. The van der Waals surface area contributed by atoms with E-state index in [2.05, 4.69) is 15.6 Å². The van der Waals surface area contributed by atoms with Gasteiger partial charge in [-0.2, -0.15) is 13.2 Å². The normalized spacial score (nSPS) is 11.4. The Bertz CT molecular complexity index is 1430. The average molecular weight is 473 g/mol. The molecule has 0 unspecified atom stereocenters. The third-order valence-corrected chi connectivity index (χ3v) is 5.03. The molecule has 0 bridgehead atoms. The number of amides is 2. The molecule has 0 radical (unpaired) electrons. The van der Waals surface area contributed by atoms with Crippen LogP contribution in [0.2, 0.25) is 0 Å². The first kappa shape index (κ1) is 22.6. The van der Waals surface area contributed by atoms with Crippen LogP contribution in [0.5, 0.6) is 5.88 Å². The highest BCUT2D eigenvalue weighted by atomic mass is 19.4. The summed E-state index contributed by atoms with van der Waals surface area (Å²) >= 11 is 0. The molecule has 1 heterocycles. The van der Waals surface area contributed by atoms with Crippen LogP contribution in [0.3, 0.4) is 0 Å². The molecule has 2 amide bonds. The topological polar surface area (TPSA) is 114 Å². The minimum absolute atomic E-state index is 0.0204.